The van der Waals surface area contributed by atoms with E-state index >= 15 is 0 Å². The van der Waals surface area contributed by atoms with E-state index in [9.17, 15) is 0 Å². The van der Waals surface area contributed by atoms with Crippen molar-refractivity contribution in [3.05, 3.63) is 60.0 Å². The molecule has 1 unspecified atom stereocenters. The van der Waals surface area contributed by atoms with Crippen molar-refractivity contribution < 1.29 is 4.74 Å². The molecule has 1 atom stereocenters. The third kappa shape index (κ3) is 3.99. The minimum absolute atomic E-state index is 0.138. The van der Waals surface area contributed by atoms with Gasteiger partial charge in [0.25, 0.3) is 0 Å². The lowest BCUT2D eigenvalue weighted by atomic mass is 10.0. The lowest BCUT2D eigenvalue weighted by Gasteiger charge is -2.15. The highest BCUT2D eigenvalue weighted by Crippen LogP contribution is 2.38. The summed E-state index contributed by atoms with van der Waals surface area (Å²) in [5.41, 5.74) is 2.40. The lowest BCUT2D eigenvalue weighted by Crippen LogP contribution is -1.97. The molecule has 0 heterocycles. The van der Waals surface area contributed by atoms with E-state index in [4.69, 9.17) is 4.74 Å². The van der Waals surface area contributed by atoms with Crippen LogP contribution in [0.15, 0.2) is 45.3 Å². The van der Waals surface area contributed by atoms with Crippen molar-refractivity contribution in [3.8, 4) is 5.75 Å². The van der Waals surface area contributed by atoms with Crippen molar-refractivity contribution in [1.29, 1.82) is 0 Å². The highest BCUT2D eigenvalue weighted by Gasteiger charge is 2.15. The van der Waals surface area contributed by atoms with Crippen molar-refractivity contribution >= 4 is 70.4 Å². The standard InChI is InChI=1S/C15H12Br3IO/c1-2-20-14-6-3-9(7-13(14)17)15(18)11-8-10(19)4-5-12(11)16/h3-8,15H,2H2,1H3. The maximum Gasteiger partial charge on any atom is 0.133 e. The minimum atomic E-state index is 0.138. The Morgan fingerprint density at radius 1 is 1.10 bits per heavy atom. The molecule has 0 aliphatic rings. The smallest absolute Gasteiger partial charge is 0.133 e. The Balaban J connectivity index is 2.35. The number of halogens is 4. The minimum Gasteiger partial charge on any atom is -0.493 e. The van der Waals surface area contributed by atoms with Gasteiger partial charge >= 0.3 is 0 Å². The first-order chi connectivity index (χ1) is 9.52. The third-order valence-corrected chi connectivity index (χ3v) is 5.81. The van der Waals surface area contributed by atoms with E-state index in [1.54, 1.807) is 0 Å². The third-order valence-electron chi connectivity index (χ3n) is 2.78. The van der Waals surface area contributed by atoms with Crippen LogP contribution in [0, 0.1) is 3.57 Å². The molecule has 106 valence electrons. The van der Waals surface area contributed by atoms with Crippen LogP contribution in [0.25, 0.3) is 0 Å². The summed E-state index contributed by atoms with van der Waals surface area (Å²) < 4.78 is 8.84. The molecule has 0 aromatic heterocycles. The van der Waals surface area contributed by atoms with Gasteiger partial charge in [0, 0.05) is 8.04 Å². The van der Waals surface area contributed by atoms with E-state index in [2.05, 4.69) is 101 Å². The fraction of sp³-hybridized carbons (Fsp3) is 0.200. The van der Waals surface area contributed by atoms with E-state index in [-0.39, 0.29) is 4.83 Å². The molecule has 0 aliphatic heterocycles. The van der Waals surface area contributed by atoms with Gasteiger partial charge in [-0.25, -0.2) is 0 Å². The van der Waals surface area contributed by atoms with Crippen LogP contribution in [0.3, 0.4) is 0 Å². The first-order valence-corrected chi connectivity index (χ1v) is 9.62. The summed E-state index contributed by atoms with van der Waals surface area (Å²) in [6, 6.07) is 12.5. The molecule has 5 heteroatoms. The van der Waals surface area contributed by atoms with E-state index in [1.807, 2.05) is 13.0 Å². The zero-order valence-electron chi connectivity index (χ0n) is 10.7. The van der Waals surface area contributed by atoms with E-state index in [1.165, 1.54) is 14.7 Å². The van der Waals surface area contributed by atoms with E-state index in [0.717, 1.165) is 14.7 Å². The van der Waals surface area contributed by atoms with Gasteiger partial charge in [-0.3, -0.25) is 0 Å². The largest absolute Gasteiger partial charge is 0.493 e. The molecule has 0 amide bonds. The second kappa shape index (κ2) is 7.61. The van der Waals surface area contributed by atoms with Crippen LogP contribution in [0.2, 0.25) is 0 Å². The molecule has 1 nitrogen and oxygen atoms in total. The average molecular weight is 575 g/mol. The number of ether oxygens (including phenoxy) is 1. The number of rotatable bonds is 4. The molecule has 0 spiro atoms. The summed E-state index contributed by atoms with van der Waals surface area (Å²) in [5, 5.41) is 0. The zero-order chi connectivity index (χ0) is 14.7. The van der Waals surface area contributed by atoms with E-state index < -0.39 is 0 Å². The highest BCUT2D eigenvalue weighted by atomic mass is 127. The van der Waals surface area contributed by atoms with Crippen molar-refractivity contribution in [1.82, 2.24) is 0 Å². The Hall–Kier alpha value is 0.410. The predicted octanol–water partition coefficient (Wildman–Crippen LogP) is 6.70. The van der Waals surface area contributed by atoms with E-state index in [0.29, 0.717) is 6.61 Å². The molecule has 0 saturated carbocycles. The molecular formula is C15H12Br3IO. The number of hydrogen-bond acceptors (Lipinski definition) is 1. The van der Waals surface area contributed by atoms with Gasteiger partial charge in [-0.05, 0) is 86.9 Å². The van der Waals surface area contributed by atoms with Crippen LogP contribution in [0.1, 0.15) is 22.9 Å². The first kappa shape index (κ1) is 16.8. The zero-order valence-corrected chi connectivity index (χ0v) is 17.6. The molecule has 0 radical (unpaired) electrons. The maximum absolute atomic E-state index is 5.55. The van der Waals surface area contributed by atoms with Gasteiger partial charge in [0.05, 0.1) is 15.9 Å². The summed E-state index contributed by atoms with van der Waals surface area (Å²) in [6.45, 7) is 2.65. The van der Waals surface area contributed by atoms with Gasteiger partial charge in [0.2, 0.25) is 0 Å². The quantitative estimate of drug-likeness (QED) is 0.292. The molecular weight excluding hydrogens is 563 g/mol. The van der Waals surface area contributed by atoms with Gasteiger partial charge in [-0.2, -0.15) is 0 Å². The summed E-state index contributed by atoms with van der Waals surface area (Å²) in [5.74, 6) is 0.873. The number of alkyl halides is 1. The normalized spacial score (nSPS) is 12.2. The van der Waals surface area contributed by atoms with Crippen molar-refractivity contribution in [3.63, 3.8) is 0 Å². The molecule has 20 heavy (non-hydrogen) atoms. The Morgan fingerprint density at radius 2 is 1.85 bits per heavy atom. The fourth-order valence-corrected chi connectivity index (χ4v) is 4.31. The van der Waals surface area contributed by atoms with Gasteiger partial charge in [-0.1, -0.05) is 37.9 Å². The highest BCUT2D eigenvalue weighted by molar-refractivity contribution is 14.1. The van der Waals surface area contributed by atoms with Gasteiger partial charge in [0.15, 0.2) is 0 Å². The van der Waals surface area contributed by atoms with Crippen LogP contribution >= 0.6 is 70.4 Å². The Labute approximate surface area is 158 Å². The molecule has 2 rings (SSSR count). The maximum atomic E-state index is 5.55. The molecule has 0 fully saturated rings. The van der Waals surface area contributed by atoms with Crippen molar-refractivity contribution in [2.75, 3.05) is 6.61 Å². The Kier molecular flexibility index (Phi) is 6.38. The van der Waals surface area contributed by atoms with Crippen molar-refractivity contribution in [2.24, 2.45) is 0 Å². The average Bonchev–Trinajstić information content (AvgIpc) is 2.43. The van der Waals surface area contributed by atoms with Crippen LogP contribution in [-0.2, 0) is 0 Å². The summed E-state index contributed by atoms with van der Waals surface area (Å²) in [6.07, 6.45) is 0. The predicted molar refractivity (Wildman–Crippen MR) is 103 cm³/mol. The van der Waals surface area contributed by atoms with Crippen LogP contribution < -0.4 is 4.74 Å². The number of hydrogen-bond donors (Lipinski definition) is 0. The Morgan fingerprint density at radius 3 is 2.50 bits per heavy atom. The number of benzene rings is 2. The van der Waals surface area contributed by atoms with Crippen LogP contribution in [0.4, 0.5) is 0 Å². The fourth-order valence-electron chi connectivity index (χ4n) is 1.84. The molecule has 0 N–H and O–H groups in total. The molecule has 2 aromatic carbocycles. The van der Waals surface area contributed by atoms with Gasteiger partial charge in [-0.15, -0.1) is 0 Å². The van der Waals surface area contributed by atoms with Crippen LogP contribution in [0.5, 0.6) is 5.75 Å². The first-order valence-electron chi connectivity index (χ1n) is 6.04. The van der Waals surface area contributed by atoms with Gasteiger partial charge in [0.1, 0.15) is 5.75 Å². The lowest BCUT2D eigenvalue weighted by molar-refractivity contribution is 0.338. The monoisotopic (exact) mass is 572 g/mol. The van der Waals surface area contributed by atoms with Crippen molar-refractivity contribution in [2.45, 2.75) is 11.8 Å². The second-order valence-corrected chi connectivity index (χ2v) is 8.02. The van der Waals surface area contributed by atoms with Gasteiger partial charge < -0.3 is 4.74 Å². The summed E-state index contributed by atoms with van der Waals surface area (Å²) in [4.78, 5) is 0.138. The second-order valence-electron chi connectivity index (χ2n) is 4.15. The molecule has 0 aliphatic carbocycles. The summed E-state index contributed by atoms with van der Waals surface area (Å²) in [7, 11) is 0. The molecule has 0 bridgehead atoms. The Bertz CT molecular complexity index is 616. The molecule has 0 saturated heterocycles. The van der Waals surface area contributed by atoms with Crippen LogP contribution in [-0.4, -0.2) is 6.61 Å². The molecule has 2 aromatic rings. The topological polar surface area (TPSA) is 9.23 Å². The SMILES string of the molecule is CCOc1ccc(C(Br)c2cc(I)ccc2Br)cc1Br. The summed E-state index contributed by atoms with van der Waals surface area (Å²) >= 11 is 13.3.